The molecule has 0 atom stereocenters. The minimum Gasteiger partial charge on any atom is -0.374 e. The van der Waals surface area contributed by atoms with Crippen LogP contribution in [-0.4, -0.2) is 29.3 Å². The third kappa shape index (κ3) is 2.37. The summed E-state index contributed by atoms with van der Waals surface area (Å²) in [5, 5.41) is 8.41. The number of aldehydes is 1. The summed E-state index contributed by atoms with van der Waals surface area (Å²) in [4.78, 5) is 9.66. The number of rotatable bonds is 3. The van der Waals surface area contributed by atoms with E-state index in [1.807, 2.05) is 0 Å². The van der Waals surface area contributed by atoms with Gasteiger partial charge in [0, 0.05) is 12.8 Å². The maximum atomic E-state index is 11.8. The van der Waals surface area contributed by atoms with Crippen molar-refractivity contribution in [3.63, 3.8) is 0 Å². The zero-order valence-corrected chi connectivity index (χ0v) is 6.61. The van der Waals surface area contributed by atoms with Gasteiger partial charge in [0.25, 0.3) is 5.60 Å². The van der Waals surface area contributed by atoms with Gasteiger partial charge < -0.3 is 9.90 Å². The van der Waals surface area contributed by atoms with Gasteiger partial charge in [-0.1, -0.05) is 0 Å². The second-order valence-corrected chi connectivity index (χ2v) is 2.56. The number of halogens is 6. The van der Waals surface area contributed by atoms with E-state index in [9.17, 15) is 31.1 Å². The number of hydrogen-bond acceptors (Lipinski definition) is 2. The fraction of sp³-hybridized carbons (Fsp3) is 0.833. The summed E-state index contributed by atoms with van der Waals surface area (Å²) in [5.41, 5.74) is -4.80. The lowest BCUT2D eigenvalue weighted by Gasteiger charge is -2.31. The zero-order chi connectivity index (χ0) is 11.6. The summed E-state index contributed by atoms with van der Waals surface area (Å²) < 4.78 is 71.0. The number of aliphatic hydroxyl groups is 1. The largest absolute Gasteiger partial charge is 0.426 e. The van der Waals surface area contributed by atoms with Gasteiger partial charge in [0.05, 0.1) is 0 Å². The van der Waals surface area contributed by atoms with E-state index in [4.69, 9.17) is 5.11 Å². The van der Waals surface area contributed by atoms with Crippen molar-refractivity contribution in [2.75, 3.05) is 0 Å². The summed E-state index contributed by atoms with van der Waals surface area (Å²) in [5.74, 6) is 0. The molecule has 0 aliphatic rings. The summed E-state index contributed by atoms with van der Waals surface area (Å²) in [7, 11) is 0. The van der Waals surface area contributed by atoms with E-state index in [2.05, 4.69) is 0 Å². The highest BCUT2D eigenvalue weighted by molar-refractivity contribution is 5.49. The van der Waals surface area contributed by atoms with Gasteiger partial charge in [-0.05, 0) is 0 Å². The van der Waals surface area contributed by atoms with Gasteiger partial charge in [0.2, 0.25) is 0 Å². The zero-order valence-electron chi connectivity index (χ0n) is 6.61. The lowest BCUT2D eigenvalue weighted by Crippen LogP contribution is -2.56. The molecule has 0 aliphatic carbocycles. The molecule has 0 aromatic carbocycles. The van der Waals surface area contributed by atoms with Crippen molar-refractivity contribution in [3.05, 3.63) is 0 Å². The lowest BCUT2D eigenvalue weighted by atomic mass is 9.96. The van der Waals surface area contributed by atoms with Crippen molar-refractivity contribution in [1.29, 1.82) is 0 Å². The molecule has 0 bridgehead atoms. The molecule has 8 heteroatoms. The van der Waals surface area contributed by atoms with Gasteiger partial charge in [-0.2, -0.15) is 26.3 Å². The molecule has 0 radical (unpaired) electrons. The normalized spacial score (nSPS) is 14.2. The third-order valence-electron chi connectivity index (χ3n) is 1.56. The molecule has 84 valence electrons. The molecule has 1 N–H and O–H groups in total. The van der Waals surface area contributed by atoms with Gasteiger partial charge in [-0.15, -0.1) is 0 Å². The molecule has 14 heavy (non-hydrogen) atoms. The first kappa shape index (κ1) is 13.2. The van der Waals surface area contributed by atoms with E-state index in [-0.39, 0.29) is 6.29 Å². The van der Waals surface area contributed by atoms with Gasteiger partial charge in [0.15, 0.2) is 0 Å². The Labute approximate surface area is 74.5 Å². The Hall–Kier alpha value is -0.790. The van der Waals surface area contributed by atoms with E-state index in [1.165, 1.54) is 0 Å². The molecule has 0 spiro atoms. The van der Waals surface area contributed by atoms with E-state index >= 15 is 0 Å². The molecule has 0 unspecified atom stereocenters. The quantitative estimate of drug-likeness (QED) is 0.586. The van der Waals surface area contributed by atoms with Crippen LogP contribution < -0.4 is 0 Å². The molecule has 0 aliphatic heterocycles. The Morgan fingerprint density at radius 1 is 1.00 bits per heavy atom. The molecule has 0 saturated heterocycles. The molecule has 0 aromatic rings. The molecular formula is C6H6F6O2. The van der Waals surface area contributed by atoms with Crippen LogP contribution in [0.5, 0.6) is 0 Å². The van der Waals surface area contributed by atoms with Crippen molar-refractivity contribution in [2.45, 2.75) is 30.8 Å². The van der Waals surface area contributed by atoms with Crippen LogP contribution in [0.4, 0.5) is 26.3 Å². The van der Waals surface area contributed by atoms with Gasteiger partial charge >= 0.3 is 12.4 Å². The van der Waals surface area contributed by atoms with Gasteiger partial charge in [0.1, 0.15) is 6.29 Å². The van der Waals surface area contributed by atoms with E-state index in [1.54, 1.807) is 0 Å². The standard InChI is InChI=1S/C6H6F6O2/c7-5(8,9)4(14,2-1-3-13)6(10,11)12/h3,14H,1-2H2. The van der Waals surface area contributed by atoms with Gasteiger partial charge in [-0.25, -0.2) is 0 Å². The molecule has 0 rings (SSSR count). The van der Waals surface area contributed by atoms with Crippen LogP contribution >= 0.6 is 0 Å². The fourth-order valence-electron chi connectivity index (χ4n) is 0.712. The van der Waals surface area contributed by atoms with Crippen LogP contribution in [0.25, 0.3) is 0 Å². The summed E-state index contributed by atoms with van der Waals surface area (Å²) in [6.45, 7) is 0. The monoisotopic (exact) mass is 224 g/mol. The molecule has 0 saturated carbocycles. The third-order valence-corrected chi connectivity index (χ3v) is 1.56. The maximum Gasteiger partial charge on any atom is 0.426 e. The van der Waals surface area contributed by atoms with Crippen molar-refractivity contribution >= 4 is 6.29 Å². The Bertz CT molecular complexity index is 191. The van der Waals surface area contributed by atoms with Crippen molar-refractivity contribution in [3.8, 4) is 0 Å². The molecule has 0 heterocycles. The highest BCUT2D eigenvalue weighted by atomic mass is 19.4. The minimum absolute atomic E-state index is 0.123. The summed E-state index contributed by atoms with van der Waals surface area (Å²) in [6, 6.07) is 0. The molecular weight excluding hydrogens is 218 g/mol. The topological polar surface area (TPSA) is 37.3 Å². The Morgan fingerprint density at radius 3 is 1.57 bits per heavy atom. The maximum absolute atomic E-state index is 11.8. The SMILES string of the molecule is O=CCCC(O)(C(F)(F)F)C(F)(F)F. The van der Waals surface area contributed by atoms with Crippen LogP contribution in [0, 0.1) is 0 Å². The smallest absolute Gasteiger partial charge is 0.374 e. The van der Waals surface area contributed by atoms with Crippen LogP contribution in [0.1, 0.15) is 12.8 Å². The second kappa shape index (κ2) is 3.76. The average molecular weight is 224 g/mol. The highest BCUT2D eigenvalue weighted by Crippen LogP contribution is 2.45. The highest BCUT2D eigenvalue weighted by Gasteiger charge is 2.69. The lowest BCUT2D eigenvalue weighted by molar-refractivity contribution is -0.369. The number of carbonyl (C=O) groups is 1. The minimum atomic E-state index is -5.84. The second-order valence-electron chi connectivity index (χ2n) is 2.56. The van der Waals surface area contributed by atoms with Crippen LogP contribution in [-0.2, 0) is 4.79 Å². The van der Waals surface area contributed by atoms with Crippen molar-refractivity contribution < 1.29 is 36.2 Å². The van der Waals surface area contributed by atoms with E-state index in [0.29, 0.717) is 0 Å². The van der Waals surface area contributed by atoms with Gasteiger partial charge in [-0.3, -0.25) is 0 Å². The number of alkyl halides is 6. The van der Waals surface area contributed by atoms with Crippen LogP contribution in [0.2, 0.25) is 0 Å². The molecule has 0 amide bonds. The van der Waals surface area contributed by atoms with E-state index < -0.39 is 30.8 Å². The van der Waals surface area contributed by atoms with Crippen molar-refractivity contribution in [2.24, 2.45) is 0 Å². The number of carbonyl (C=O) groups excluding carboxylic acids is 1. The van der Waals surface area contributed by atoms with Crippen LogP contribution in [0.3, 0.4) is 0 Å². The summed E-state index contributed by atoms with van der Waals surface area (Å²) >= 11 is 0. The molecule has 0 aromatic heterocycles. The molecule has 0 fully saturated rings. The average Bonchev–Trinajstić information content (AvgIpc) is 1.95. The predicted octanol–water partition coefficient (Wildman–Crippen LogP) is 1.82. The first-order valence-corrected chi connectivity index (χ1v) is 3.36. The van der Waals surface area contributed by atoms with E-state index in [0.717, 1.165) is 0 Å². The Morgan fingerprint density at radius 2 is 1.36 bits per heavy atom. The first-order chi connectivity index (χ1) is 6.06. The number of hydrogen-bond donors (Lipinski definition) is 1. The van der Waals surface area contributed by atoms with Crippen molar-refractivity contribution in [1.82, 2.24) is 0 Å². The predicted molar refractivity (Wildman–Crippen MR) is 32.4 cm³/mol. The Balaban J connectivity index is 4.96. The first-order valence-electron chi connectivity index (χ1n) is 3.36. The molecule has 2 nitrogen and oxygen atoms in total. The van der Waals surface area contributed by atoms with Crippen LogP contribution in [0.15, 0.2) is 0 Å². The summed E-state index contributed by atoms with van der Waals surface area (Å²) in [6.07, 6.45) is -14.5. The fourth-order valence-corrected chi connectivity index (χ4v) is 0.712. The Kier molecular flexibility index (Phi) is 3.54.